The summed E-state index contributed by atoms with van der Waals surface area (Å²) < 4.78 is 24.3. The van der Waals surface area contributed by atoms with E-state index in [9.17, 15) is 14.0 Å². The standard InChI is InChI=1S/C19H13FO4/c1-12(21)13-6-8-14(9-7-13)23-19(22)18-11-10-17(24-18)15-4-2-3-5-16(15)20/h2-11H,1H3. The zero-order chi connectivity index (χ0) is 17.1. The molecule has 0 saturated heterocycles. The van der Waals surface area contributed by atoms with Gasteiger partial charge in [0.1, 0.15) is 17.3 Å². The molecule has 0 atom stereocenters. The number of ketones is 1. The van der Waals surface area contributed by atoms with Crippen molar-refractivity contribution in [2.45, 2.75) is 6.92 Å². The zero-order valence-electron chi connectivity index (χ0n) is 12.8. The maximum atomic E-state index is 13.7. The maximum absolute atomic E-state index is 13.7. The molecule has 0 saturated carbocycles. The molecule has 24 heavy (non-hydrogen) atoms. The second kappa shape index (κ2) is 6.50. The van der Waals surface area contributed by atoms with Crippen LogP contribution in [0.25, 0.3) is 11.3 Å². The van der Waals surface area contributed by atoms with Crippen molar-refractivity contribution in [2.75, 3.05) is 0 Å². The molecule has 0 N–H and O–H groups in total. The first-order valence-electron chi connectivity index (χ1n) is 7.22. The van der Waals surface area contributed by atoms with E-state index in [0.29, 0.717) is 5.56 Å². The summed E-state index contributed by atoms with van der Waals surface area (Å²) in [5.74, 6) is -0.724. The van der Waals surface area contributed by atoms with E-state index in [1.54, 1.807) is 30.3 Å². The summed E-state index contributed by atoms with van der Waals surface area (Å²) in [6, 6.07) is 15.2. The summed E-state index contributed by atoms with van der Waals surface area (Å²) in [6.07, 6.45) is 0. The largest absolute Gasteiger partial charge is 0.449 e. The van der Waals surface area contributed by atoms with E-state index in [0.717, 1.165) is 0 Å². The molecular weight excluding hydrogens is 311 g/mol. The summed E-state index contributed by atoms with van der Waals surface area (Å²) in [5, 5.41) is 0. The number of benzene rings is 2. The Kier molecular flexibility index (Phi) is 4.24. The van der Waals surface area contributed by atoms with Crippen molar-refractivity contribution >= 4 is 11.8 Å². The number of carbonyl (C=O) groups is 2. The van der Waals surface area contributed by atoms with Gasteiger partial charge in [0.05, 0.1) is 5.56 Å². The molecule has 120 valence electrons. The summed E-state index contributed by atoms with van der Waals surface area (Å²) in [4.78, 5) is 23.3. The van der Waals surface area contributed by atoms with E-state index in [1.807, 2.05) is 0 Å². The summed E-state index contributed by atoms with van der Waals surface area (Å²) in [7, 11) is 0. The fourth-order valence-electron chi connectivity index (χ4n) is 2.17. The van der Waals surface area contributed by atoms with Crippen molar-refractivity contribution in [3.63, 3.8) is 0 Å². The van der Waals surface area contributed by atoms with E-state index in [2.05, 4.69) is 0 Å². The maximum Gasteiger partial charge on any atom is 0.379 e. The summed E-state index contributed by atoms with van der Waals surface area (Å²) in [5.41, 5.74) is 0.789. The van der Waals surface area contributed by atoms with Crippen molar-refractivity contribution in [1.29, 1.82) is 0 Å². The van der Waals surface area contributed by atoms with Gasteiger partial charge in [-0.15, -0.1) is 0 Å². The molecule has 0 aliphatic carbocycles. The van der Waals surface area contributed by atoms with Crippen LogP contribution in [0.5, 0.6) is 5.75 Å². The Bertz CT molecular complexity index is 894. The fraction of sp³-hybridized carbons (Fsp3) is 0.0526. The van der Waals surface area contributed by atoms with E-state index < -0.39 is 11.8 Å². The van der Waals surface area contributed by atoms with Gasteiger partial charge in [-0.05, 0) is 55.5 Å². The van der Waals surface area contributed by atoms with Crippen LogP contribution in [0.2, 0.25) is 0 Å². The van der Waals surface area contributed by atoms with Gasteiger partial charge in [-0.25, -0.2) is 9.18 Å². The highest BCUT2D eigenvalue weighted by molar-refractivity contribution is 5.94. The number of esters is 1. The monoisotopic (exact) mass is 324 g/mol. The van der Waals surface area contributed by atoms with Gasteiger partial charge in [-0.1, -0.05) is 12.1 Å². The molecule has 1 aromatic heterocycles. The number of halogens is 1. The lowest BCUT2D eigenvalue weighted by Crippen LogP contribution is -2.07. The van der Waals surface area contributed by atoms with Gasteiger partial charge in [0.25, 0.3) is 0 Å². The summed E-state index contributed by atoms with van der Waals surface area (Å²) >= 11 is 0. The van der Waals surface area contributed by atoms with E-state index in [-0.39, 0.29) is 28.6 Å². The van der Waals surface area contributed by atoms with Crippen LogP contribution in [0.4, 0.5) is 4.39 Å². The highest BCUT2D eigenvalue weighted by Crippen LogP contribution is 2.25. The zero-order valence-corrected chi connectivity index (χ0v) is 12.8. The third-order valence-electron chi connectivity index (χ3n) is 3.42. The Labute approximate surface area is 137 Å². The van der Waals surface area contributed by atoms with Crippen molar-refractivity contribution in [1.82, 2.24) is 0 Å². The van der Waals surface area contributed by atoms with Crippen LogP contribution in [0, 0.1) is 5.82 Å². The first kappa shape index (κ1) is 15.7. The molecule has 0 spiro atoms. The van der Waals surface area contributed by atoms with E-state index in [1.165, 1.54) is 37.3 Å². The van der Waals surface area contributed by atoms with Crippen molar-refractivity contribution in [3.05, 3.63) is 77.8 Å². The first-order valence-corrected chi connectivity index (χ1v) is 7.22. The topological polar surface area (TPSA) is 56.5 Å². The smallest absolute Gasteiger partial charge is 0.379 e. The molecule has 3 aromatic rings. The Balaban J connectivity index is 1.76. The molecule has 0 unspecified atom stereocenters. The van der Waals surface area contributed by atoms with Crippen LogP contribution in [0.15, 0.2) is 65.1 Å². The molecule has 1 heterocycles. The Hall–Kier alpha value is -3.21. The first-order chi connectivity index (χ1) is 11.5. The third-order valence-corrected chi connectivity index (χ3v) is 3.42. The SMILES string of the molecule is CC(=O)c1ccc(OC(=O)c2ccc(-c3ccccc3F)o2)cc1. The van der Waals surface area contributed by atoms with Crippen LogP contribution in [-0.2, 0) is 0 Å². The number of rotatable bonds is 4. The molecule has 3 rings (SSSR count). The molecular formula is C19H13FO4. The van der Waals surface area contributed by atoms with E-state index >= 15 is 0 Å². The third kappa shape index (κ3) is 3.25. The normalized spacial score (nSPS) is 10.4. The van der Waals surface area contributed by atoms with E-state index in [4.69, 9.17) is 9.15 Å². The number of furan rings is 1. The second-order valence-electron chi connectivity index (χ2n) is 5.11. The van der Waals surface area contributed by atoms with Crippen molar-refractivity contribution < 1.29 is 23.1 Å². The quantitative estimate of drug-likeness (QED) is 0.402. The highest BCUT2D eigenvalue weighted by Gasteiger charge is 2.16. The molecule has 0 aliphatic heterocycles. The molecule has 0 fully saturated rings. The molecule has 4 nitrogen and oxygen atoms in total. The highest BCUT2D eigenvalue weighted by atomic mass is 19.1. The predicted octanol–water partition coefficient (Wildman–Crippen LogP) is 4.51. The van der Waals surface area contributed by atoms with Crippen LogP contribution >= 0.6 is 0 Å². The van der Waals surface area contributed by atoms with Crippen LogP contribution < -0.4 is 4.74 Å². The summed E-state index contributed by atoms with van der Waals surface area (Å²) in [6.45, 7) is 1.45. The molecule has 2 aromatic carbocycles. The molecule has 0 aliphatic rings. The Morgan fingerprint density at radius 2 is 1.67 bits per heavy atom. The number of Topliss-reactive ketones (excluding diaryl/α,β-unsaturated/α-hetero) is 1. The molecule has 0 radical (unpaired) electrons. The fourth-order valence-corrected chi connectivity index (χ4v) is 2.17. The van der Waals surface area contributed by atoms with Gasteiger partial charge in [-0.3, -0.25) is 4.79 Å². The lowest BCUT2D eigenvalue weighted by Gasteiger charge is -2.03. The van der Waals surface area contributed by atoms with Gasteiger partial charge < -0.3 is 9.15 Å². The number of hydrogen-bond donors (Lipinski definition) is 0. The van der Waals surface area contributed by atoms with Gasteiger partial charge in [0.15, 0.2) is 5.78 Å². The van der Waals surface area contributed by atoms with Crippen molar-refractivity contribution in [3.8, 4) is 17.1 Å². The van der Waals surface area contributed by atoms with Gasteiger partial charge in [-0.2, -0.15) is 0 Å². The Morgan fingerprint density at radius 3 is 2.33 bits per heavy atom. The number of carbonyl (C=O) groups excluding carboxylic acids is 2. The average Bonchev–Trinajstić information content (AvgIpc) is 3.05. The molecule has 0 amide bonds. The number of hydrogen-bond acceptors (Lipinski definition) is 4. The second-order valence-corrected chi connectivity index (χ2v) is 5.11. The number of ether oxygens (including phenoxy) is 1. The lowest BCUT2D eigenvalue weighted by atomic mass is 10.1. The van der Waals surface area contributed by atoms with Crippen molar-refractivity contribution in [2.24, 2.45) is 0 Å². The molecule has 5 heteroatoms. The van der Waals surface area contributed by atoms with Gasteiger partial charge >= 0.3 is 5.97 Å². The predicted molar refractivity (Wildman–Crippen MR) is 85.5 cm³/mol. The lowest BCUT2D eigenvalue weighted by molar-refractivity contribution is 0.0702. The van der Waals surface area contributed by atoms with Crippen LogP contribution in [0.3, 0.4) is 0 Å². The Morgan fingerprint density at radius 1 is 0.958 bits per heavy atom. The minimum absolute atomic E-state index is 0.0381. The van der Waals surface area contributed by atoms with Crippen LogP contribution in [-0.4, -0.2) is 11.8 Å². The van der Waals surface area contributed by atoms with Crippen LogP contribution in [0.1, 0.15) is 27.8 Å². The molecule has 0 bridgehead atoms. The van der Waals surface area contributed by atoms with Gasteiger partial charge in [0.2, 0.25) is 5.76 Å². The average molecular weight is 324 g/mol. The minimum Gasteiger partial charge on any atom is -0.449 e. The van der Waals surface area contributed by atoms with Gasteiger partial charge in [0, 0.05) is 5.56 Å². The minimum atomic E-state index is -0.701.